The fraction of sp³-hybridized carbons (Fsp3) is 0.889. The van der Waals surface area contributed by atoms with Crippen LogP contribution in [0.5, 0.6) is 0 Å². The van der Waals surface area contributed by atoms with Crippen molar-refractivity contribution in [3.05, 3.63) is 0 Å². The Morgan fingerprint density at radius 1 is 1.57 bits per heavy atom. The quantitative estimate of drug-likeness (QED) is 0.749. The molecule has 14 heavy (non-hydrogen) atoms. The van der Waals surface area contributed by atoms with Gasteiger partial charge in [0.2, 0.25) is 5.91 Å². The largest absolute Gasteiger partial charge is 0.320 e. The Morgan fingerprint density at radius 3 is 2.71 bits per heavy atom. The van der Waals surface area contributed by atoms with E-state index >= 15 is 0 Å². The standard InChI is InChI=1S/C9H16F2N2O/c1-3-4-7-9(14)13(5-8(10)11)6(2)12-7/h6-8,12H,3-5H2,1-2H3. The maximum atomic E-state index is 12.1. The maximum Gasteiger partial charge on any atom is 0.255 e. The topological polar surface area (TPSA) is 32.3 Å². The van der Waals surface area contributed by atoms with Gasteiger partial charge in [-0.15, -0.1) is 0 Å². The molecule has 0 bridgehead atoms. The number of carbonyl (C=O) groups excluding carboxylic acids is 1. The molecule has 2 atom stereocenters. The molecule has 82 valence electrons. The molecule has 3 nitrogen and oxygen atoms in total. The van der Waals surface area contributed by atoms with Crippen LogP contribution < -0.4 is 5.32 Å². The molecule has 0 aromatic heterocycles. The number of hydrogen-bond donors (Lipinski definition) is 1. The SMILES string of the molecule is CCCC1NC(C)N(CC(F)F)C1=O. The summed E-state index contributed by atoms with van der Waals surface area (Å²) in [4.78, 5) is 12.8. The van der Waals surface area contributed by atoms with Gasteiger partial charge in [-0.2, -0.15) is 0 Å². The minimum absolute atomic E-state index is 0.195. The molecule has 1 aliphatic heterocycles. The van der Waals surface area contributed by atoms with Crippen molar-refractivity contribution >= 4 is 5.91 Å². The van der Waals surface area contributed by atoms with Crippen LogP contribution in [-0.2, 0) is 4.79 Å². The molecule has 1 saturated heterocycles. The molecule has 5 heteroatoms. The minimum atomic E-state index is -2.46. The smallest absolute Gasteiger partial charge is 0.255 e. The lowest BCUT2D eigenvalue weighted by Gasteiger charge is -2.19. The first-order valence-electron chi connectivity index (χ1n) is 4.91. The molecular formula is C9H16F2N2O. The minimum Gasteiger partial charge on any atom is -0.320 e. The summed E-state index contributed by atoms with van der Waals surface area (Å²) in [7, 11) is 0. The molecule has 0 saturated carbocycles. The van der Waals surface area contributed by atoms with Gasteiger partial charge in [0.1, 0.15) is 0 Å². The van der Waals surface area contributed by atoms with Crippen LogP contribution >= 0.6 is 0 Å². The van der Waals surface area contributed by atoms with Gasteiger partial charge in [-0.3, -0.25) is 10.1 Å². The lowest BCUT2D eigenvalue weighted by Crippen LogP contribution is -2.38. The Morgan fingerprint density at radius 2 is 2.21 bits per heavy atom. The van der Waals surface area contributed by atoms with E-state index < -0.39 is 13.0 Å². The molecule has 0 radical (unpaired) electrons. The molecule has 0 spiro atoms. The zero-order valence-corrected chi connectivity index (χ0v) is 8.46. The highest BCUT2D eigenvalue weighted by molar-refractivity contribution is 5.84. The summed E-state index contributed by atoms with van der Waals surface area (Å²) in [6.07, 6.45) is -1.14. The Hall–Kier alpha value is -0.710. The summed E-state index contributed by atoms with van der Waals surface area (Å²) in [6.45, 7) is 3.23. The number of hydrogen-bond acceptors (Lipinski definition) is 2. The van der Waals surface area contributed by atoms with Crippen molar-refractivity contribution < 1.29 is 13.6 Å². The maximum absolute atomic E-state index is 12.1. The van der Waals surface area contributed by atoms with E-state index in [1.54, 1.807) is 6.92 Å². The molecule has 2 unspecified atom stereocenters. The zero-order chi connectivity index (χ0) is 10.7. The Bertz CT molecular complexity index is 211. The third-order valence-corrected chi connectivity index (χ3v) is 2.40. The number of nitrogens with one attached hydrogen (secondary N) is 1. The number of rotatable bonds is 4. The number of halogens is 2. The Kier molecular flexibility index (Phi) is 3.80. The van der Waals surface area contributed by atoms with Crippen molar-refractivity contribution in [2.24, 2.45) is 0 Å². The summed E-state index contributed by atoms with van der Waals surface area (Å²) in [6, 6.07) is -0.270. The molecule has 1 aliphatic rings. The fourth-order valence-electron chi connectivity index (χ4n) is 1.74. The van der Waals surface area contributed by atoms with Gasteiger partial charge in [-0.1, -0.05) is 13.3 Å². The van der Waals surface area contributed by atoms with Gasteiger partial charge in [-0.05, 0) is 13.3 Å². The Labute approximate surface area is 82.5 Å². The van der Waals surface area contributed by atoms with Gasteiger partial charge in [0.05, 0.1) is 18.8 Å². The summed E-state index contributed by atoms with van der Waals surface area (Å²) in [5.41, 5.74) is 0. The van der Waals surface area contributed by atoms with Crippen molar-refractivity contribution in [3.63, 3.8) is 0 Å². The second-order valence-electron chi connectivity index (χ2n) is 3.57. The predicted octanol–water partition coefficient (Wildman–Crippen LogP) is 1.20. The van der Waals surface area contributed by atoms with E-state index in [-0.39, 0.29) is 18.1 Å². The van der Waals surface area contributed by atoms with Crippen LogP contribution in [0.15, 0.2) is 0 Å². The first-order valence-corrected chi connectivity index (χ1v) is 4.91. The van der Waals surface area contributed by atoms with Gasteiger partial charge in [0.15, 0.2) is 0 Å². The second kappa shape index (κ2) is 4.68. The van der Waals surface area contributed by atoms with E-state index in [1.807, 2.05) is 6.92 Å². The molecule has 0 aromatic rings. The average molecular weight is 206 g/mol. The van der Waals surface area contributed by atoms with Crippen LogP contribution in [0.3, 0.4) is 0 Å². The van der Waals surface area contributed by atoms with Gasteiger partial charge in [0.25, 0.3) is 6.43 Å². The van der Waals surface area contributed by atoms with Crippen molar-refractivity contribution in [2.75, 3.05) is 6.54 Å². The predicted molar refractivity (Wildman–Crippen MR) is 49.0 cm³/mol. The number of nitrogens with zero attached hydrogens (tertiary/aromatic N) is 1. The third kappa shape index (κ3) is 2.41. The van der Waals surface area contributed by atoms with Crippen LogP contribution in [0.4, 0.5) is 8.78 Å². The van der Waals surface area contributed by atoms with E-state index in [9.17, 15) is 13.6 Å². The van der Waals surface area contributed by atoms with Crippen LogP contribution in [0.1, 0.15) is 26.7 Å². The molecular weight excluding hydrogens is 190 g/mol. The van der Waals surface area contributed by atoms with Gasteiger partial charge < -0.3 is 4.90 Å². The summed E-state index contributed by atoms with van der Waals surface area (Å²) in [5.74, 6) is -0.195. The van der Waals surface area contributed by atoms with E-state index in [2.05, 4.69) is 5.32 Å². The summed E-state index contributed by atoms with van der Waals surface area (Å²) in [5, 5.41) is 3.00. The molecule has 1 amide bonds. The molecule has 0 aromatic carbocycles. The summed E-state index contributed by atoms with van der Waals surface area (Å²) >= 11 is 0. The zero-order valence-electron chi connectivity index (χ0n) is 8.46. The first-order chi connectivity index (χ1) is 6.56. The monoisotopic (exact) mass is 206 g/mol. The Balaban J connectivity index is 2.56. The molecule has 0 aliphatic carbocycles. The van der Waals surface area contributed by atoms with Gasteiger partial charge in [0, 0.05) is 0 Å². The number of carbonyl (C=O) groups is 1. The second-order valence-corrected chi connectivity index (χ2v) is 3.57. The average Bonchev–Trinajstić information content (AvgIpc) is 2.33. The van der Waals surface area contributed by atoms with E-state index in [0.29, 0.717) is 6.42 Å². The van der Waals surface area contributed by atoms with Crippen LogP contribution in [0.25, 0.3) is 0 Å². The van der Waals surface area contributed by atoms with Crippen molar-refractivity contribution in [2.45, 2.75) is 45.3 Å². The molecule has 1 N–H and O–H groups in total. The fourth-order valence-corrected chi connectivity index (χ4v) is 1.74. The van der Waals surface area contributed by atoms with E-state index in [4.69, 9.17) is 0 Å². The van der Waals surface area contributed by atoms with Crippen LogP contribution in [0, 0.1) is 0 Å². The van der Waals surface area contributed by atoms with Crippen LogP contribution in [-0.4, -0.2) is 36.0 Å². The van der Waals surface area contributed by atoms with E-state index in [1.165, 1.54) is 4.90 Å². The van der Waals surface area contributed by atoms with E-state index in [0.717, 1.165) is 6.42 Å². The highest BCUT2D eigenvalue weighted by atomic mass is 19.3. The van der Waals surface area contributed by atoms with Crippen LogP contribution in [0.2, 0.25) is 0 Å². The highest BCUT2D eigenvalue weighted by Gasteiger charge is 2.36. The lowest BCUT2D eigenvalue weighted by atomic mass is 10.2. The lowest BCUT2D eigenvalue weighted by molar-refractivity contribution is -0.131. The van der Waals surface area contributed by atoms with Gasteiger partial charge >= 0.3 is 0 Å². The number of alkyl halides is 2. The van der Waals surface area contributed by atoms with Crippen molar-refractivity contribution in [3.8, 4) is 0 Å². The summed E-state index contributed by atoms with van der Waals surface area (Å²) < 4.78 is 24.2. The molecule has 1 rings (SSSR count). The third-order valence-electron chi connectivity index (χ3n) is 2.40. The van der Waals surface area contributed by atoms with Crippen molar-refractivity contribution in [1.29, 1.82) is 0 Å². The van der Waals surface area contributed by atoms with Gasteiger partial charge in [-0.25, -0.2) is 8.78 Å². The molecule has 1 heterocycles. The highest BCUT2D eigenvalue weighted by Crippen LogP contribution is 2.15. The van der Waals surface area contributed by atoms with Crippen molar-refractivity contribution in [1.82, 2.24) is 10.2 Å². The normalized spacial score (nSPS) is 27.8. The number of amides is 1. The first kappa shape index (κ1) is 11.4. The molecule has 1 fully saturated rings.